The first kappa shape index (κ1) is 13.2. The number of piperidine rings is 1. The maximum Gasteiger partial charge on any atom is 0.0139 e. The van der Waals surface area contributed by atoms with Gasteiger partial charge in [0.1, 0.15) is 0 Å². The fourth-order valence-electron chi connectivity index (χ4n) is 1.90. The lowest BCUT2D eigenvalue weighted by Gasteiger charge is -2.37. The number of hydrogen-bond donors (Lipinski definition) is 2. The van der Waals surface area contributed by atoms with Gasteiger partial charge in [-0.2, -0.15) is 0 Å². The van der Waals surface area contributed by atoms with E-state index in [-0.39, 0.29) is 18.4 Å². The van der Waals surface area contributed by atoms with Gasteiger partial charge in [0.05, 0.1) is 0 Å². The number of hydrogen-bond acceptors (Lipinski definition) is 3. The summed E-state index contributed by atoms with van der Waals surface area (Å²) in [7, 11) is 0. The van der Waals surface area contributed by atoms with Crippen molar-refractivity contribution in [3.8, 4) is 0 Å². The van der Waals surface area contributed by atoms with E-state index in [9.17, 15) is 0 Å². The predicted octanol–water partition coefficient (Wildman–Crippen LogP) is 0.567. The highest BCUT2D eigenvalue weighted by molar-refractivity contribution is 5.85. The molecule has 0 aliphatic carbocycles. The van der Waals surface area contributed by atoms with E-state index in [1.165, 1.54) is 0 Å². The minimum absolute atomic E-state index is 0. The average Bonchev–Trinajstić information content (AvgIpc) is 1.94. The van der Waals surface area contributed by atoms with Gasteiger partial charge in [-0.25, -0.2) is 0 Å². The second-order valence-corrected chi connectivity index (χ2v) is 4.11. The van der Waals surface area contributed by atoms with E-state index in [1.54, 1.807) is 0 Å². The number of halogens is 1. The minimum Gasteiger partial charge on any atom is -0.328 e. The molecule has 1 rings (SSSR count). The Bertz CT molecular complexity index is 141. The molecule has 1 heterocycles. The Labute approximate surface area is 87.2 Å². The molecular formula is C9H22ClN3. The molecule has 80 valence electrons. The fourth-order valence-corrected chi connectivity index (χ4v) is 1.90. The summed E-state index contributed by atoms with van der Waals surface area (Å²) < 4.78 is 0. The van der Waals surface area contributed by atoms with Crippen LogP contribution in [0.2, 0.25) is 0 Å². The van der Waals surface area contributed by atoms with Crippen molar-refractivity contribution in [2.45, 2.75) is 44.8 Å². The van der Waals surface area contributed by atoms with Crippen molar-refractivity contribution in [1.82, 2.24) is 4.90 Å². The van der Waals surface area contributed by atoms with Crippen LogP contribution in [0.25, 0.3) is 0 Å². The van der Waals surface area contributed by atoms with Crippen molar-refractivity contribution in [2.24, 2.45) is 11.5 Å². The molecule has 3 atom stereocenters. The van der Waals surface area contributed by atoms with E-state index in [0.29, 0.717) is 12.1 Å². The summed E-state index contributed by atoms with van der Waals surface area (Å²) in [5.41, 5.74) is 11.6. The van der Waals surface area contributed by atoms with E-state index in [1.807, 2.05) is 0 Å². The van der Waals surface area contributed by atoms with Gasteiger partial charge in [-0.1, -0.05) is 0 Å². The van der Waals surface area contributed by atoms with Crippen LogP contribution in [0.15, 0.2) is 0 Å². The first-order valence-electron chi connectivity index (χ1n) is 4.85. The molecule has 3 unspecified atom stereocenters. The van der Waals surface area contributed by atoms with E-state index in [0.717, 1.165) is 25.9 Å². The minimum atomic E-state index is 0. The topological polar surface area (TPSA) is 55.3 Å². The van der Waals surface area contributed by atoms with Crippen molar-refractivity contribution >= 4 is 12.4 Å². The normalized spacial score (nSPS) is 32.3. The molecule has 1 saturated heterocycles. The van der Waals surface area contributed by atoms with Gasteiger partial charge in [-0.15, -0.1) is 12.4 Å². The van der Waals surface area contributed by atoms with Crippen LogP contribution >= 0.6 is 12.4 Å². The molecule has 0 radical (unpaired) electrons. The Morgan fingerprint density at radius 3 is 2.62 bits per heavy atom. The second kappa shape index (κ2) is 5.81. The van der Waals surface area contributed by atoms with Crippen LogP contribution in [-0.2, 0) is 0 Å². The van der Waals surface area contributed by atoms with Crippen LogP contribution in [0.1, 0.15) is 26.7 Å². The molecule has 3 nitrogen and oxygen atoms in total. The zero-order valence-corrected chi connectivity index (χ0v) is 9.39. The van der Waals surface area contributed by atoms with Crippen molar-refractivity contribution in [3.63, 3.8) is 0 Å². The predicted molar refractivity (Wildman–Crippen MR) is 59.1 cm³/mol. The Hall–Kier alpha value is 0.170. The molecule has 0 saturated carbocycles. The van der Waals surface area contributed by atoms with Gasteiger partial charge in [0.25, 0.3) is 0 Å². The van der Waals surface area contributed by atoms with Crippen molar-refractivity contribution in [1.29, 1.82) is 0 Å². The molecular weight excluding hydrogens is 186 g/mol. The summed E-state index contributed by atoms with van der Waals surface area (Å²) in [5, 5.41) is 0. The Morgan fingerprint density at radius 1 is 1.54 bits per heavy atom. The molecule has 4 N–H and O–H groups in total. The van der Waals surface area contributed by atoms with Gasteiger partial charge in [-0.3, -0.25) is 4.90 Å². The highest BCUT2D eigenvalue weighted by Crippen LogP contribution is 2.15. The van der Waals surface area contributed by atoms with E-state index in [2.05, 4.69) is 18.7 Å². The Morgan fingerprint density at radius 2 is 2.15 bits per heavy atom. The maximum atomic E-state index is 5.86. The quantitative estimate of drug-likeness (QED) is 0.696. The van der Waals surface area contributed by atoms with Crippen LogP contribution < -0.4 is 11.5 Å². The summed E-state index contributed by atoms with van der Waals surface area (Å²) in [5.74, 6) is 0. The van der Waals surface area contributed by atoms with Crippen LogP contribution in [0.5, 0.6) is 0 Å². The van der Waals surface area contributed by atoms with Crippen molar-refractivity contribution in [2.75, 3.05) is 13.1 Å². The zero-order chi connectivity index (χ0) is 9.14. The summed E-state index contributed by atoms with van der Waals surface area (Å²) in [6.45, 7) is 6.42. The average molecular weight is 208 g/mol. The summed E-state index contributed by atoms with van der Waals surface area (Å²) in [6.07, 6.45) is 2.24. The zero-order valence-electron chi connectivity index (χ0n) is 8.57. The molecule has 1 aliphatic heterocycles. The monoisotopic (exact) mass is 207 g/mol. The molecule has 1 fully saturated rings. The lowest BCUT2D eigenvalue weighted by molar-refractivity contribution is 0.141. The van der Waals surface area contributed by atoms with Crippen LogP contribution in [0.4, 0.5) is 0 Å². The number of nitrogens with two attached hydrogens (primary N) is 2. The van der Waals surface area contributed by atoms with Crippen molar-refractivity contribution < 1.29 is 0 Å². The van der Waals surface area contributed by atoms with Crippen LogP contribution in [0.3, 0.4) is 0 Å². The SMILES string of the molecule is CC(N)CN1CCC(N)CC1C.Cl. The molecule has 0 aromatic carbocycles. The Kier molecular flexibility index (Phi) is 5.88. The third kappa shape index (κ3) is 4.27. The van der Waals surface area contributed by atoms with E-state index in [4.69, 9.17) is 11.5 Å². The second-order valence-electron chi connectivity index (χ2n) is 4.11. The molecule has 0 aromatic heterocycles. The molecule has 0 aromatic rings. The molecule has 0 amide bonds. The van der Waals surface area contributed by atoms with Crippen LogP contribution in [0, 0.1) is 0 Å². The van der Waals surface area contributed by atoms with Gasteiger partial charge in [0.15, 0.2) is 0 Å². The smallest absolute Gasteiger partial charge is 0.0139 e. The van der Waals surface area contributed by atoms with Crippen LogP contribution in [-0.4, -0.2) is 36.1 Å². The lowest BCUT2D eigenvalue weighted by atomic mass is 9.99. The molecule has 4 heteroatoms. The highest BCUT2D eigenvalue weighted by atomic mass is 35.5. The Balaban J connectivity index is 0.00000144. The van der Waals surface area contributed by atoms with E-state index >= 15 is 0 Å². The van der Waals surface area contributed by atoms with Gasteiger partial charge in [0, 0.05) is 24.7 Å². The first-order chi connectivity index (χ1) is 5.59. The number of rotatable bonds is 2. The summed E-state index contributed by atoms with van der Waals surface area (Å²) >= 11 is 0. The van der Waals surface area contributed by atoms with Gasteiger partial charge in [-0.05, 0) is 33.2 Å². The number of nitrogens with zero attached hydrogens (tertiary/aromatic N) is 1. The largest absolute Gasteiger partial charge is 0.328 e. The molecule has 0 bridgehead atoms. The van der Waals surface area contributed by atoms with Crippen molar-refractivity contribution in [3.05, 3.63) is 0 Å². The van der Waals surface area contributed by atoms with Gasteiger partial charge >= 0.3 is 0 Å². The molecule has 1 aliphatic rings. The standard InChI is InChI=1S/C9H21N3.ClH/c1-7(10)6-12-4-3-9(11)5-8(12)2;/h7-9H,3-6,10-11H2,1-2H3;1H. The number of likely N-dealkylation sites (tertiary alicyclic amines) is 1. The summed E-state index contributed by atoms with van der Waals surface area (Å²) in [4.78, 5) is 2.44. The molecule has 13 heavy (non-hydrogen) atoms. The van der Waals surface area contributed by atoms with Gasteiger partial charge < -0.3 is 11.5 Å². The fraction of sp³-hybridized carbons (Fsp3) is 1.00. The van der Waals surface area contributed by atoms with E-state index < -0.39 is 0 Å². The third-order valence-corrected chi connectivity index (χ3v) is 2.58. The first-order valence-corrected chi connectivity index (χ1v) is 4.85. The maximum absolute atomic E-state index is 5.86. The lowest BCUT2D eigenvalue weighted by Crippen LogP contribution is -2.49. The summed E-state index contributed by atoms with van der Waals surface area (Å²) in [6, 6.07) is 1.30. The highest BCUT2D eigenvalue weighted by Gasteiger charge is 2.23. The molecule has 0 spiro atoms. The third-order valence-electron chi connectivity index (χ3n) is 2.58. The van der Waals surface area contributed by atoms with Gasteiger partial charge in [0.2, 0.25) is 0 Å².